The summed E-state index contributed by atoms with van der Waals surface area (Å²) in [5.41, 5.74) is 0.475. The van der Waals surface area contributed by atoms with Gasteiger partial charge in [-0.15, -0.1) is 0 Å². The third-order valence-corrected chi connectivity index (χ3v) is 4.23. The predicted octanol–water partition coefficient (Wildman–Crippen LogP) is 1.95. The van der Waals surface area contributed by atoms with E-state index in [1.54, 1.807) is 4.90 Å². The van der Waals surface area contributed by atoms with Gasteiger partial charge in [-0.2, -0.15) is 0 Å². The van der Waals surface area contributed by atoms with Crippen LogP contribution in [0.15, 0.2) is 30.3 Å². The van der Waals surface area contributed by atoms with Crippen molar-refractivity contribution in [3.8, 4) is 0 Å². The van der Waals surface area contributed by atoms with E-state index in [2.05, 4.69) is 0 Å². The highest BCUT2D eigenvalue weighted by molar-refractivity contribution is 5.69. The molecule has 6 nitrogen and oxygen atoms in total. The summed E-state index contributed by atoms with van der Waals surface area (Å²) in [6, 6.07) is 9.53. The van der Waals surface area contributed by atoms with Crippen LogP contribution in [0.25, 0.3) is 0 Å². The van der Waals surface area contributed by atoms with Crippen molar-refractivity contribution in [2.45, 2.75) is 57.3 Å². The van der Waals surface area contributed by atoms with Crippen LogP contribution in [-0.2, 0) is 20.8 Å². The van der Waals surface area contributed by atoms with Crippen molar-refractivity contribution in [2.75, 3.05) is 13.2 Å². The summed E-state index contributed by atoms with van der Waals surface area (Å²) in [5.74, 6) is 0. The largest absolute Gasteiger partial charge is 0.444 e. The number of nitrogens with zero attached hydrogens (tertiary/aromatic N) is 1. The molecule has 2 heterocycles. The molecule has 0 radical (unpaired) electrons. The first-order valence-electron chi connectivity index (χ1n) is 8.30. The highest BCUT2D eigenvalue weighted by Gasteiger charge is 2.53. The van der Waals surface area contributed by atoms with Crippen LogP contribution < -0.4 is 0 Å². The van der Waals surface area contributed by atoms with Gasteiger partial charge in [-0.05, 0) is 26.3 Å². The quantitative estimate of drug-likeness (QED) is 0.914. The Morgan fingerprint density at radius 1 is 1.33 bits per heavy atom. The third-order valence-electron chi connectivity index (χ3n) is 4.23. The first-order valence-corrected chi connectivity index (χ1v) is 8.30. The van der Waals surface area contributed by atoms with E-state index < -0.39 is 23.9 Å². The molecule has 2 saturated heterocycles. The predicted molar refractivity (Wildman–Crippen MR) is 87.5 cm³/mol. The lowest BCUT2D eigenvalue weighted by Gasteiger charge is -2.30. The van der Waals surface area contributed by atoms with Crippen molar-refractivity contribution >= 4 is 6.09 Å². The monoisotopic (exact) mass is 335 g/mol. The van der Waals surface area contributed by atoms with Gasteiger partial charge in [-0.1, -0.05) is 30.3 Å². The Labute approximate surface area is 142 Å². The van der Waals surface area contributed by atoms with E-state index in [0.717, 1.165) is 5.56 Å². The number of carbonyl (C=O) groups is 1. The fourth-order valence-electron chi connectivity index (χ4n) is 3.20. The van der Waals surface area contributed by atoms with E-state index in [4.69, 9.17) is 14.2 Å². The maximum Gasteiger partial charge on any atom is 0.410 e. The normalized spacial score (nSPS) is 29.6. The second-order valence-electron chi connectivity index (χ2n) is 7.32. The molecule has 0 aliphatic carbocycles. The van der Waals surface area contributed by atoms with E-state index in [1.165, 1.54) is 0 Å². The van der Waals surface area contributed by atoms with Crippen LogP contribution in [0.1, 0.15) is 26.3 Å². The van der Waals surface area contributed by atoms with E-state index in [0.29, 0.717) is 13.2 Å². The molecule has 0 unspecified atom stereocenters. The van der Waals surface area contributed by atoms with E-state index in [1.807, 2.05) is 51.1 Å². The molecule has 0 spiro atoms. The molecule has 0 saturated carbocycles. The van der Waals surface area contributed by atoms with Crippen LogP contribution in [0.4, 0.5) is 4.79 Å². The van der Waals surface area contributed by atoms with Gasteiger partial charge in [0.05, 0.1) is 31.9 Å². The summed E-state index contributed by atoms with van der Waals surface area (Å²) >= 11 is 0. The number of rotatable bonds is 3. The summed E-state index contributed by atoms with van der Waals surface area (Å²) in [4.78, 5) is 14.0. The molecule has 4 atom stereocenters. The van der Waals surface area contributed by atoms with Crippen molar-refractivity contribution in [3.63, 3.8) is 0 Å². The number of aliphatic hydroxyl groups excluding tert-OH is 1. The number of hydrogen-bond acceptors (Lipinski definition) is 5. The van der Waals surface area contributed by atoms with Gasteiger partial charge in [0.15, 0.2) is 0 Å². The summed E-state index contributed by atoms with van der Waals surface area (Å²) in [5, 5.41) is 10.2. The summed E-state index contributed by atoms with van der Waals surface area (Å²) < 4.78 is 17.1. The van der Waals surface area contributed by atoms with Gasteiger partial charge in [0.1, 0.15) is 17.8 Å². The van der Waals surface area contributed by atoms with Gasteiger partial charge in [0.25, 0.3) is 0 Å². The van der Waals surface area contributed by atoms with Gasteiger partial charge in [0.2, 0.25) is 0 Å². The Hall–Kier alpha value is -1.63. The lowest BCUT2D eigenvalue weighted by Crippen LogP contribution is -2.47. The molecule has 3 rings (SSSR count). The summed E-state index contributed by atoms with van der Waals surface area (Å²) in [6.07, 6.45) is -1.85. The van der Waals surface area contributed by atoms with Crippen LogP contribution in [0.2, 0.25) is 0 Å². The SMILES string of the molecule is CC(C)(C)OC(=O)N1C[C@@H](O)[C@@H]2OC[C@@H](OCc3ccccc3)[C@@H]21. The van der Waals surface area contributed by atoms with Crippen LogP contribution in [0, 0.1) is 0 Å². The fourth-order valence-corrected chi connectivity index (χ4v) is 3.20. The van der Waals surface area contributed by atoms with E-state index >= 15 is 0 Å². The lowest BCUT2D eigenvalue weighted by molar-refractivity contribution is -0.0218. The molecular weight excluding hydrogens is 310 g/mol. The number of benzene rings is 1. The molecule has 0 bridgehead atoms. The van der Waals surface area contributed by atoms with Gasteiger partial charge < -0.3 is 19.3 Å². The molecule has 24 heavy (non-hydrogen) atoms. The van der Waals surface area contributed by atoms with Crippen molar-refractivity contribution < 1.29 is 24.1 Å². The summed E-state index contributed by atoms with van der Waals surface area (Å²) in [6.45, 7) is 6.47. The maximum absolute atomic E-state index is 12.5. The molecule has 132 valence electrons. The average Bonchev–Trinajstić information content (AvgIpc) is 3.06. The minimum Gasteiger partial charge on any atom is -0.444 e. The summed E-state index contributed by atoms with van der Waals surface area (Å²) in [7, 11) is 0. The molecule has 0 aromatic heterocycles. The second kappa shape index (κ2) is 6.70. The molecular formula is C18H25NO5. The Bertz CT molecular complexity index is 571. The second-order valence-corrected chi connectivity index (χ2v) is 7.32. The standard InChI is InChI=1S/C18H25NO5/c1-18(2,3)24-17(21)19-9-13(20)16-15(19)14(11-23-16)22-10-12-7-5-4-6-8-12/h4-8,13-16,20H,9-11H2,1-3H3/t13-,14-,15+,16+/m1/s1. The topological polar surface area (TPSA) is 68.2 Å². The van der Waals surface area contributed by atoms with Crippen molar-refractivity contribution in [2.24, 2.45) is 0 Å². The minimum absolute atomic E-state index is 0.204. The molecule has 2 aliphatic rings. The van der Waals surface area contributed by atoms with E-state index in [-0.39, 0.29) is 18.7 Å². The molecule has 2 fully saturated rings. The number of amides is 1. The Morgan fingerprint density at radius 3 is 2.71 bits per heavy atom. The number of ether oxygens (including phenoxy) is 3. The third kappa shape index (κ3) is 3.71. The van der Waals surface area contributed by atoms with Crippen LogP contribution >= 0.6 is 0 Å². The average molecular weight is 335 g/mol. The van der Waals surface area contributed by atoms with Crippen molar-refractivity contribution in [1.29, 1.82) is 0 Å². The van der Waals surface area contributed by atoms with Crippen LogP contribution in [-0.4, -0.2) is 59.2 Å². The Balaban J connectivity index is 1.67. The number of hydrogen-bond donors (Lipinski definition) is 1. The Morgan fingerprint density at radius 2 is 2.04 bits per heavy atom. The smallest absolute Gasteiger partial charge is 0.410 e. The van der Waals surface area contributed by atoms with Gasteiger partial charge in [-0.3, -0.25) is 4.90 Å². The first-order chi connectivity index (χ1) is 11.3. The Kier molecular flexibility index (Phi) is 4.80. The molecule has 1 aromatic rings. The zero-order chi connectivity index (χ0) is 17.3. The molecule has 1 amide bonds. The van der Waals surface area contributed by atoms with Crippen LogP contribution in [0.3, 0.4) is 0 Å². The van der Waals surface area contributed by atoms with Crippen molar-refractivity contribution in [3.05, 3.63) is 35.9 Å². The zero-order valence-corrected chi connectivity index (χ0v) is 14.3. The maximum atomic E-state index is 12.5. The van der Waals surface area contributed by atoms with Gasteiger partial charge >= 0.3 is 6.09 Å². The van der Waals surface area contributed by atoms with E-state index in [9.17, 15) is 9.90 Å². The molecule has 1 aromatic carbocycles. The molecule has 1 N–H and O–H groups in total. The highest BCUT2D eigenvalue weighted by Crippen LogP contribution is 2.33. The number of aliphatic hydroxyl groups is 1. The minimum atomic E-state index is -0.715. The van der Waals surface area contributed by atoms with Gasteiger partial charge in [0, 0.05) is 0 Å². The number of likely N-dealkylation sites (tertiary alicyclic amines) is 1. The van der Waals surface area contributed by atoms with Crippen molar-refractivity contribution in [1.82, 2.24) is 4.90 Å². The lowest BCUT2D eigenvalue weighted by atomic mass is 10.1. The number of β-amino-alcohol motifs (C(OH)–C–C–N with tert-alkyl or cyclic N) is 1. The molecule has 6 heteroatoms. The van der Waals surface area contributed by atoms with Crippen LogP contribution in [0.5, 0.6) is 0 Å². The fraction of sp³-hybridized carbons (Fsp3) is 0.611. The zero-order valence-electron chi connectivity index (χ0n) is 14.3. The number of carbonyl (C=O) groups excluding carboxylic acids is 1. The number of fused-ring (bicyclic) bond motifs is 1. The van der Waals surface area contributed by atoms with Gasteiger partial charge in [-0.25, -0.2) is 4.79 Å². The first kappa shape index (κ1) is 17.2. The highest BCUT2D eigenvalue weighted by atomic mass is 16.6. The molecule has 2 aliphatic heterocycles.